The topological polar surface area (TPSA) is 59.8 Å². The van der Waals surface area contributed by atoms with Gasteiger partial charge in [-0.25, -0.2) is 9.97 Å². The third-order valence-electron chi connectivity index (χ3n) is 4.02. The number of thioether (sulfide) groups is 1. The SMILES string of the molecule is CCc1nc2cc(CNC(=O)c3cccnc3SC)ccc2n1C. The number of aryl methyl sites for hydroxylation is 2. The van der Waals surface area contributed by atoms with Gasteiger partial charge in [0.15, 0.2) is 0 Å². The monoisotopic (exact) mass is 340 g/mol. The zero-order valence-electron chi connectivity index (χ0n) is 14.0. The Hall–Kier alpha value is -2.34. The van der Waals surface area contributed by atoms with Crippen molar-refractivity contribution < 1.29 is 4.79 Å². The molecule has 0 unspecified atom stereocenters. The Morgan fingerprint density at radius 1 is 1.33 bits per heavy atom. The number of imidazole rings is 1. The first kappa shape index (κ1) is 16.5. The second-order valence-electron chi connectivity index (χ2n) is 5.51. The molecule has 3 aromatic rings. The molecular formula is C18H20N4OS. The van der Waals surface area contributed by atoms with E-state index in [0.29, 0.717) is 12.1 Å². The van der Waals surface area contributed by atoms with Crippen molar-refractivity contribution in [2.24, 2.45) is 7.05 Å². The molecule has 24 heavy (non-hydrogen) atoms. The minimum Gasteiger partial charge on any atom is -0.348 e. The van der Waals surface area contributed by atoms with Gasteiger partial charge < -0.3 is 9.88 Å². The van der Waals surface area contributed by atoms with Crippen molar-refractivity contribution in [2.75, 3.05) is 6.26 Å². The molecule has 2 aromatic heterocycles. The highest BCUT2D eigenvalue weighted by molar-refractivity contribution is 7.98. The number of benzene rings is 1. The van der Waals surface area contributed by atoms with Crippen molar-refractivity contribution in [1.29, 1.82) is 0 Å². The summed E-state index contributed by atoms with van der Waals surface area (Å²) in [5, 5.41) is 3.70. The van der Waals surface area contributed by atoms with Crippen molar-refractivity contribution in [2.45, 2.75) is 24.9 Å². The second-order valence-corrected chi connectivity index (χ2v) is 6.30. The lowest BCUT2D eigenvalue weighted by Crippen LogP contribution is -2.23. The fourth-order valence-electron chi connectivity index (χ4n) is 2.73. The molecule has 1 aromatic carbocycles. The molecule has 0 saturated carbocycles. The van der Waals surface area contributed by atoms with Crippen molar-refractivity contribution in [1.82, 2.24) is 19.9 Å². The molecule has 0 fully saturated rings. The number of pyridine rings is 1. The number of hydrogen-bond donors (Lipinski definition) is 1. The maximum atomic E-state index is 12.4. The summed E-state index contributed by atoms with van der Waals surface area (Å²) < 4.78 is 2.11. The van der Waals surface area contributed by atoms with Crippen LogP contribution < -0.4 is 5.32 Å². The lowest BCUT2D eigenvalue weighted by atomic mass is 10.2. The molecule has 3 rings (SSSR count). The third kappa shape index (κ3) is 3.14. The maximum absolute atomic E-state index is 12.4. The van der Waals surface area contributed by atoms with Crippen molar-refractivity contribution in [3.05, 3.63) is 53.5 Å². The van der Waals surface area contributed by atoms with Crippen LogP contribution in [0.25, 0.3) is 11.0 Å². The lowest BCUT2D eigenvalue weighted by Gasteiger charge is -2.08. The van der Waals surface area contributed by atoms with Crippen LogP contribution in [0.1, 0.15) is 28.7 Å². The molecule has 0 bridgehead atoms. The normalized spacial score (nSPS) is 11.0. The molecular weight excluding hydrogens is 320 g/mol. The zero-order valence-corrected chi connectivity index (χ0v) is 14.9. The van der Waals surface area contributed by atoms with Crippen molar-refractivity contribution in [3.8, 4) is 0 Å². The summed E-state index contributed by atoms with van der Waals surface area (Å²) in [5.41, 5.74) is 3.72. The van der Waals surface area contributed by atoms with Crippen LogP contribution >= 0.6 is 11.8 Å². The summed E-state index contributed by atoms with van der Waals surface area (Å²) in [6.07, 6.45) is 4.51. The zero-order chi connectivity index (χ0) is 17.1. The summed E-state index contributed by atoms with van der Waals surface area (Å²) >= 11 is 1.47. The number of carbonyl (C=O) groups is 1. The van der Waals surface area contributed by atoms with Crippen LogP contribution in [0.4, 0.5) is 0 Å². The first-order valence-electron chi connectivity index (χ1n) is 7.85. The molecule has 0 saturated heterocycles. The molecule has 2 heterocycles. The Bertz CT molecular complexity index is 888. The predicted octanol–water partition coefficient (Wildman–Crippen LogP) is 3.18. The number of amides is 1. The fourth-order valence-corrected chi connectivity index (χ4v) is 3.27. The van der Waals surface area contributed by atoms with E-state index in [-0.39, 0.29) is 5.91 Å². The summed E-state index contributed by atoms with van der Waals surface area (Å²) in [6, 6.07) is 9.70. The Morgan fingerprint density at radius 2 is 2.17 bits per heavy atom. The molecule has 6 heteroatoms. The number of nitrogens with zero attached hydrogens (tertiary/aromatic N) is 3. The maximum Gasteiger partial charge on any atom is 0.254 e. The molecule has 1 amide bonds. The van der Waals surface area contributed by atoms with Gasteiger partial charge >= 0.3 is 0 Å². The van der Waals surface area contributed by atoms with Crippen LogP contribution in [-0.2, 0) is 20.0 Å². The van der Waals surface area contributed by atoms with E-state index in [1.165, 1.54) is 11.8 Å². The Labute approximate surface area is 145 Å². The number of carbonyl (C=O) groups excluding carboxylic acids is 1. The summed E-state index contributed by atoms with van der Waals surface area (Å²) in [6.45, 7) is 2.56. The predicted molar refractivity (Wildman–Crippen MR) is 97.3 cm³/mol. The minimum atomic E-state index is -0.109. The molecule has 0 aliphatic carbocycles. The lowest BCUT2D eigenvalue weighted by molar-refractivity contribution is 0.0947. The van der Waals surface area contributed by atoms with E-state index in [0.717, 1.165) is 33.9 Å². The highest BCUT2D eigenvalue weighted by Crippen LogP contribution is 2.18. The average molecular weight is 340 g/mol. The quantitative estimate of drug-likeness (QED) is 0.725. The van der Waals surface area contributed by atoms with E-state index in [9.17, 15) is 4.79 Å². The van der Waals surface area contributed by atoms with Gasteiger partial charge in [0.1, 0.15) is 10.9 Å². The summed E-state index contributed by atoms with van der Waals surface area (Å²) in [5.74, 6) is 0.953. The van der Waals surface area contributed by atoms with Crippen LogP contribution in [0.15, 0.2) is 41.6 Å². The molecule has 0 spiro atoms. The molecule has 124 valence electrons. The Kier molecular flexibility index (Phi) is 4.85. The van der Waals surface area contributed by atoms with E-state index >= 15 is 0 Å². The van der Waals surface area contributed by atoms with Gasteiger partial charge in [-0.3, -0.25) is 4.79 Å². The van der Waals surface area contributed by atoms with E-state index in [1.807, 2.05) is 25.4 Å². The highest BCUT2D eigenvalue weighted by Gasteiger charge is 2.12. The molecule has 0 aliphatic rings. The van der Waals surface area contributed by atoms with E-state index in [4.69, 9.17) is 0 Å². The van der Waals surface area contributed by atoms with Gasteiger partial charge in [-0.2, -0.15) is 0 Å². The highest BCUT2D eigenvalue weighted by atomic mass is 32.2. The van der Waals surface area contributed by atoms with E-state index < -0.39 is 0 Å². The minimum absolute atomic E-state index is 0.109. The van der Waals surface area contributed by atoms with E-state index in [2.05, 4.69) is 32.8 Å². The number of nitrogens with one attached hydrogen (secondary N) is 1. The summed E-state index contributed by atoms with van der Waals surface area (Å²) in [7, 11) is 2.03. The molecule has 0 aliphatic heterocycles. The average Bonchev–Trinajstić information content (AvgIpc) is 2.95. The van der Waals surface area contributed by atoms with Gasteiger partial charge in [0.25, 0.3) is 5.91 Å². The first-order chi connectivity index (χ1) is 11.6. The number of fused-ring (bicyclic) bond motifs is 1. The van der Waals surface area contributed by atoms with Gasteiger partial charge in [-0.15, -0.1) is 11.8 Å². The molecule has 0 atom stereocenters. The molecule has 0 radical (unpaired) electrons. The van der Waals surface area contributed by atoms with Crippen LogP contribution in [0.2, 0.25) is 0 Å². The van der Waals surface area contributed by atoms with Gasteiger partial charge in [0.2, 0.25) is 0 Å². The largest absolute Gasteiger partial charge is 0.348 e. The number of rotatable bonds is 5. The van der Waals surface area contributed by atoms with E-state index in [1.54, 1.807) is 18.3 Å². The summed E-state index contributed by atoms with van der Waals surface area (Å²) in [4.78, 5) is 21.2. The number of hydrogen-bond acceptors (Lipinski definition) is 4. The number of aromatic nitrogens is 3. The standard InChI is InChI=1S/C18H20N4OS/c1-4-16-21-14-10-12(7-8-15(14)22(16)2)11-20-17(23)13-6-5-9-19-18(13)24-3/h5-10H,4,11H2,1-3H3,(H,20,23). The van der Waals surface area contributed by atoms with Crippen LogP contribution in [0.5, 0.6) is 0 Å². The van der Waals surface area contributed by atoms with Crippen LogP contribution in [-0.4, -0.2) is 26.7 Å². The fraction of sp³-hybridized carbons (Fsp3) is 0.278. The van der Waals surface area contributed by atoms with Gasteiger partial charge in [0, 0.05) is 26.2 Å². The smallest absolute Gasteiger partial charge is 0.254 e. The first-order valence-corrected chi connectivity index (χ1v) is 9.08. The van der Waals surface area contributed by atoms with Crippen molar-refractivity contribution in [3.63, 3.8) is 0 Å². The Balaban J connectivity index is 1.77. The Morgan fingerprint density at radius 3 is 2.92 bits per heavy atom. The van der Waals surface area contributed by atoms with Gasteiger partial charge in [-0.05, 0) is 36.1 Å². The second kappa shape index (κ2) is 7.05. The van der Waals surface area contributed by atoms with Gasteiger partial charge in [-0.1, -0.05) is 13.0 Å². The van der Waals surface area contributed by atoms with Crippen molar-refractivity contribution >= 4 is 28.7 Å². The molecule has 1 N–H and O–H groups in total. The molecule has 5 nitrogen and oxygen atoms in total. The van der Waals surface area contributed by atoms with Crippen LogP contribution in [0, 0.1) is 0 Å². The van der Waals surface area contributed by atoms with Crippen LogP contribution in [0.3, 0.4) is 0 Å². The van der Waals surface area contributed by atoms with Gasteiger partial charge in [0.05, 0.1) is 16.6 Å². The third-order valence-corrected chi connectivity index (χ3v) is 4.73.